The van der Waals surface area contributed by atoms with Gasteiger partial charge in [0.25, 0.3) is 0 Å². The van der Waals surface area contributed by atoms with Gasteiger partial charge in [-0.15, -0.1) is 0 Å². The summed E-state index contributed by atoms with van der Waals surface area (Å²) in [5.41, 5.74) is 0.447. The van der Waals surface area contributed by atoms with Gasteiger partial charge in [0.2, 0.25) is 0 Å². The molecule has 0 aliphatic heterocycles. The number of halogens is 4. The average molecular weight is 289 g/mol. The highest BCUT2D eigenvalue weighted by Crippen LogP contribution is 2.28. The molecule has 0 bridgehead atoms. The number of allylic oxidation sites excluding steroid dienone is 2. The summed E-state index contributed by atoms with van der Waals surface area (Å²) in [7, 11) is 0. The van der Waals surface area contributed by atoms with Crippen LogP contribution in [-0.4, -0.2) is 11.9 Å². The van der Waals surface area contributed by atoms with Gasteiger partial charge in [0.1, 0.15) is 0 Å². The van der Waals surface area contributed by atoms with Gasteiger partial charge in [0.15, 0.2) is 0 Å². The smallest absolute Gasteiger partial charge is 0.304 e. The Hall–Kier alpha value is -1.62. The second-order valence-electron chi connectivity index (χ2n) is 3.90. The van der Waals surface area contributed by atoms with E-state index in [1.165, 1.54) is 25.3 Å². The standard InChI is InChI=1S/C13H12ClF3N2/c1-8(18)12(14)9(2)19-7-10-3-5-11(6-4-10)13(15,16)17/h3-7,18H,1-2H3/b12-9+,18-8?,19-7+. The first-order valence-electron chi connectivity index (χ1n) is 5.35. The second-order valence-corrected chi connectivity index (χ2v) is 4.28. The van der Waals surface area contributed by atoms with Crippen LogP contribution in [0.4, 0.5) is 13.2 Å². The van der Waals surface area contributed by atoms with E-state index < -0.39 is 11.7 Å². The molecule has 0 radical (unpaired) electrons. The quantitative estimate of drug-likeness (QED) is 0.787. The third-order valence-electron chi connectivity index (χ3n) is 2.29. The molecular weight excluding hydrogens is 277 g/mol. The minimum absolute atomic E-state index is 0.184. The molecule has 19 heavy (non-hydrogen) atoms. The third kappa shape index (κ3) is 4.52. The van der Waals surface area contributed by atoms with E-state index in [0.717, 1.165) is 12.1 Å². The van der Waals surface area contributed by atoms with E-state index in [2.05, 4.69) is 4.99 Å². The lowest BCUT2D eigenvalue weighted by Gasteiger charge is -2.05. The van der Waals surface area contributed by atoms with Crippen molar-refractivity contribution in [3.8, 4) is 0 Å². The normalized spacial score (nSPS) is 13.6. The first-order valence-corrected chi connectivity index (χ1v) is 5.73. The summed E-state index contributed by atoms with van der Waals surface area (Å²) in [5, 5.41) is 7.55. The molecule has 6 heteroatoms. The number of hydrogen-bond acceptors (Lipinski definition) is 2. The van der Waals surface area contributed by atoms with Gasteiger partial charge in [-0.1, -0.05) is 23.7 Å². The Morgan fingerprint density at radius 3 is 2.16 bits per heavy atom. The van der Waals surface area contributed by atoms with E-state index in [-0.39, 0.29) is 10.7 Å². The molecule has 102 valence electrons. The van der Waals surface area contributed by atoms with Crippen LogP contribution in [0.5, 0.6) is 0 Å². The molecule has 0 unspecified atom stereocenters. The molecule has 0 spiro atoms. The number of nitrogens with zero attached hydrogens (tertiary/aromatic N) is 1. The van der Waals surface area contributed by atoms with Gasteiger partial charge in [-0.25, -0.2) is 0 Å². The van der Waals surface area contributed by atoms with Crippen LogP contribution in [0.15, 0.2) is 40.0 Å². The highest BCUT2D eigenvalue weighted by atomic mass is 35.5. The zero-order chi connectivity index (χ0) is 14.6. The number of aliphatic imine (C=N–C) groups is 1. The van der Waals surface area contributed by atoms with Crippen LogP contribution in [0.25, 0.3) is 0 Å². The van der Waals surface area contributed by atoms with E-state index in [1.54, 1.807) is 6.92 Å². The molecule has 0 aliphatic carbocycles. The van der Waals surface area contributed by atoms with Crippen molar-refractivity contribution in [2.45, 2.75) is 20.0 Å². The summed E-state index contributed by atoms with van der Waals surface area (Å²) >= 11 is 5.81. The Morgan fingerprint density at radius 1 is 1.21 bits per heavy atom. The molecule has 0 saturated carbocycles. The van der Waals surface area contributed by atoms with Crippen LogP contribution in [0, 0.1) is 5.41 Å². The molecule has 1 aromatic carbocycles. The van der Waals surface area contributed by atoms with Gasteiger partial charge in [-0.2, -0.15) is 13.2 Å². The lowest BCUT2D eigenvalue weighted by Crippen LogP contribution is -2.04. The molecule has 2 nitrogen and oxygen atoms in total. The number of nitrogens with one attached hydrogen (secondary N) is 1. The predicted molar refractivity (Wildman–Crippen MR) is 71.0 cm³/mol. The Bertz CT molecular complexity index is 528. The highest BCUT2D eigenvalue weighted by molar-refractivity contribution is 6.43. The van der Waals surface area contributed by atoms with Gasteiger partial charge in [-0.05, 0) is 31.5 Å². The average Bonchev–Trinajstić information content (AvgIpc) is 2.34. The molecule has 0 fully saturated rings. The Labute approximate surface area is 114 Å². The van der Waals surface area contributed by atoms with Crippen LogP contribution in [0.3, 0.4) is 0 Å². The van der Waals surface area contributed by atoms with Crippen LogP contribution in [0.2, 0.25) is 0 Å². The Morgan fingerprint density at radius 2 is 1.74 bits per heavy atom. The Balaban J connectivity index is 2.90. The minimum Gasteiger partial charge on any atom is -0.304 e. The summed E-state index contributed by atoms with van der Waals surface area (Å²) in [6, 6.07) is 4.63. The summed E-state index contributed by atoms with van der Waals surface area (Å²) < 4.78 is 37.0. The largest absolute Gasteiger partial charge is 0.416 e. The maximum absolute atomic E-state index is 12.3. The molecular formula is C13H12ClF3N2. The maximum Gasteiger partial charge on any atom is 0.416 e. The van der Waals surface area contributed by atoms with Crippen molar-refractivity contribution in [1.29, 1.82) is 5.41 Å². The number of alkyl halides is 3. The maximum atomic E-state index is 12.3. The summed E-state index contributed by atoms with van der Waals surface area (Å²) in [4.78, 5) is 4.01. The molecule has 0 heterocycles. The lowest BCUT2D eigenvalue weighted by molar-refractivity contribution is -0.137. The molecule has 0 atom stereocenters. The van der Waals surface area contributed by atoms with Crippen molar-refractivity contribution in [1.82, 2.24) is 0 Å². The molecule has 0 aliphatic rings. The first kappa shape index (κ1) is 15.4. The zero-order valence-electron chi connectivity index (χ0n) is 10.3. The van der Waals surface area contributed by atoms with E-state index >= 15 is 0 Å². The van der Waals surface area contributed by atoms with Crippen molar-refractivity contribution in [3.63, 3.8) is 0 Å². The molecule has 0 amide bonds. The van der Waals surface area contributed by atoms with E-state index in [9.17, 15) is 13.2 Å². The highest BCUT2D eigenvalue weighted by Gasteiger charge is 2.29. The van der Waals surface area contributed by atoms with Gasteiger partial charge >= 0.3 is 6.18 Å². The Kier molecular flexibility index (Phi) is 4.89. The van der Waals surface area contributed by atoms with E-state index in [0.29, 0.717) is 11.3 Å². The minimum atomic E-state index is -4.34. The fourth-order valence-corrected chi connectivity index (χ4v) is 1.31. The van der Waals surface area contributed by atoms with Crippen molar-refractivity contribution in [2.24, 2.45) is 4.99 Å². The summed E-state index contributed by atoms with van der Waals surface area (Å²) in [6.45, 7) is 3.15. The topological polar surface area (TPSA) is 36.2 Å². The monoisotopic (exact) mass is 288 g/mol. The van der Waals surface area contributed by atoms with Crippen LogP contribution in [0.1, 0.15) is 25.0 Å². The van der Waals surface area contributed by atoms with E-state index in [4.69, 9.17) is 17.0 Å². The van der Waals surface area contributed by atoms with Crippen molar-refractivity contribution < 1.29 is 13.2 Å². The lowest BCUT2D eigenvalue weighted by atomic mass is 10.1. The van der Waals surface area contributed by atoms with Gasteiger partial charge in [-0.3, -0.25) is 4.99 Å². The predicted octanol–water partition coefficient (Wildman–Crippen LogP) is 4.63. The van der Waals surface area contributed by atoms with E-state index in [1.807, 2.05) is 0 Å². The van der Waals surface area contributed by atoms with Gasteiger partial charge < -0.3 is 5.41 Å². The fourth-order valence-electron chi connectivity index (χ4n) is 1.26. The summed E-state index contributed by atoms with van der Waals surface area (Å²) in [6.07, 6.45) is -2.94. The molecule has 0 saturated heterocycles. The zero-order valence-corrected chi connectivity index (χ0v) is 11.1. The van der Waals surface area contributed by atoms with Crippen LogP contribution >= 0.6 is 11.6 Å². The number of benzene rings is 1. The number of rotatable bonds is 3. The molecule has 1 N–H and O–H groups in total. The van der Waals surface area contributed by atoms with Crippen LogP contribution < -0.4 is 0 Å². The van der Waals surface area contributed by atoms with Gasteiger partial charge in [0, 0.05) is 11.9 Å². The van der Waals surface area contributed by atoms with Crippen molar-refractivity contribution in [2.75, 3.05) is 0 Å². The fraction of sp³-hybridized carbons (Fsp3) is 0.231. The van der Waals surface area contributed by atoms with Crippen LogP contribution in [-0.2, 0) is 6.18 Å². The first-order chi connectivity index (χ1) is 8.71. The molecule has 1 rings (SSSR count). The van der Waals surface area contributed by atoms with Crippen molar-refractivity contribution in [3.05, 3.63) is 46.1 Å². The second kappa shape index (κ2) is 6.02. The number of hydrogen-bond donors (Lipinski definition) is 1. The SMILES string of the molecule is CC(=N)/C(Cl)=C(C)\N=C\c1ccc(C(F)(F)F)cc1. The molecule has 1 aromatic rings. The third-order valence-corrected chi connectivity index (χ3v) is 2.85. The van der Waals surface area contributed by atoms with Gasteiger partial charge in [0.05, 0.1) is 16.3 Å². The molecule has 0 aromatic heterocycles. The summed E-state index contributed by atoms with van der Waals surface area (Å²) in [5.74, 6) is 0. The van der Waals surface area contributed by atoms with Crippen molar-refractivity contribution >= 4 is 23.5 Å².